The monoisotopic (exact) mass is 111 g/mol. The van der Waals surface area contributed by atoms with E-state index in [0.717, 1.165) is 12.5 Å². The lowest BCUT2D eigenvalue weighted by molar-refractivity contribution is 0.449. The molecule has 0 saturated carbocycles. The summed E-state index contributed by atoms with van der Waals surface area (Å²) in [5.74, 6) is 0.848. The summed E-state index contributed by atoms with van der Waals surface area (Å²) in [6, 6.07) is 0. The van der Waals surface area contributed by atoms with Crippen LogP contribution in [-0.4, -0.2) is 6.54 Å². The molecule has 8 heavy (non-hydrogen) atoms. The van der Waals surface area contributed by atoms with Crippen molar-refractivity contribution in [2.24, 2.45) is 5.92 Å². The third-order valence-corrected chi connectivity index (χ3v) is 1.64. The van der Waals surface area contributed by atoms with Crippen LogP contribution < -0.4 is 5.32 Å². The second kappa shape index (κ2) is 2.21. The third kappa shape index (κ3) is 1.25. The molecule has 0 aromatic heterocycles. The van der Waals surface area contributed by atoms with E-state index in [-0.39, 0.29) is 0 Å². The van der Waals surface area contributed by atoms with Crippen molar-refractivity contribution in [2.45, 2.75) is 19.8 Å². The van der Waals surface area contributed by atoms with E-state index in [2.05, 4.69) is 18.8 Å². The lowest BCUT2D eigenvalue weighted by Crippen LogP contribution is -2.25. The molecule has 1 N–H and O–H groups in total. The number of piperidine rings is 1. The quantitative estimate of drug-likeness (QED) is 0.499. The van der Waals surface area contributed by atoms with E-state index in [9.17, 15) is 0 Å². The zero-order valence-electron chi connectivity index (χ0n) is 5.41. The lowest BCUT2D eigenvalue weighted by Gasteiger charge is -2.21. The Kier molecular flexibility index (Phi) is 1.56. The van der Waals surface area contributed by atoms with Crippen LogP contribution in [-0.2, 0) is 0 Å². The summed E-state index contributed by atoms with van der Waals surface area (Å²) in [4.78, 5) is 0. The Hall–Kier alpha value is -0.460. The fourth-order valence-electron chi connectivity index (χ4n) is 0.930. The van der Waals surface area contributed by atoms with Crippen LogP contribution in [0.3, 0.4) is 0 Å². The minimum absolute atomic E-state index is 0.848. The molecule has 0 radical (unpaired) electrons. The van der Waals surface area contributed by atoms with Gasteiger partial charge >= 0.3 is 0 Å². The Morgan fingerprint density at radius 1 is 1.75 bits per heavy atom. The Morgan fingerprint density at radius 2 is 2.50 bits per heavy atom. The molecule has 0 unspecified atom stereocenters. The van der Waals surface area contributed by atoms with Gasteiger partial charge in [-0.05, 0) is 18.8 Å². The maximum Gasteiger partial charge on any atom is 0.0169 e. The summed E-state index contributed by atoms with van der Waals surface area (Å²) in [5, 5.41) is 3.24. The second-order valence-electron chi connectivity index (χ2n) is 2.63. The Bertz CT molecular complexity index is 86.6. The molecule has 1 nitrogen and oxygen atoms in total. The third-order valence-electron chi connectivity index (χ3n) is 1.64. The van der Waals surface area contributed by atoms with Gasteiger partial charge in [0.25, 0.3) is 0 Å². The molecule has 1 heterocycles. The summed E-state index contributed by atoms with van der Waals surface area (Å²) < 4.78 is 0. The van der Waals surface area contributed by atoms with Crippen LogP contribution in [0.4, 0.5) is 0 Å². The average Bonchev–Trinajstić information content (AvgIpc) is 1.77. The fraction of sp³-hybridized carbons (Fsp3) is 0.714. The summed E-state index contributed by atoms with van der Waals surface area (Å²) in [6.07, 6.45) is 2.48. The predicted molar refractivity (Wildman–Crippen MR) is 35.5 cm³/mol. The first-order chi connectivity index (χ1) is 3.79. The van der Waals surface area contributed by atoms with Crippen LogP contribution in [0.1, 0.15) is 19.8 Å². The number of nitrogens with one attached hydrogen (secondary N) is 1. The van der Waals surface area contributed by atoms with E-state index < -0.39 is 0 Å². The highest BCUT2D eigenvalue weighted by atomic mass is 14.9. The van der Waals surface area contributed by atoms with Gasteiger partial charge in [0.2, 0.25) is 0 Å². The van der Waals surface area contributed by atoms with E-state index in [0.29, 0.717) is 0 Å². The van der Waals surface area contributed by atoms with E-state index in [4.69, 9.17) is 0 Å². The average molecular weight is 111 g/mol. The van der Waals surface area contributed by atoms with Crippen molar-refractivity contribution in [1.29, 1.82) is 0 Å². The summed E-state index contributed by atoms with van der Waals surface area (Å²) in [5.41, 5.74) is 1.21. The predicted octanol–water partition coefficient (Wildman–Crippen LogP) is 1.52. The van der Waals surface area contributed by atoms with Crippen molar-refractivity contribution < 1.29 is 0 Å². The van der Waals surface area contributed by atoms with Gasteiger partial charge in [0.15, 0.2) is 0 Å². The van der Waals surface area contributed by atoms with E-state index in [1.807, 2.05) is 0 Å². The molecule has 0 bridgehead atoms. The van der Waals surface area contributed by atoms with E-state index >= 15 is 0 Å². The molecule has 1 rings (SSSR count). The van der Waals surface area contributed by atoms with Crippen LogP contribution in [0.15, 0.2) is 12.3 Å². The molecule has 1 fully saturated rings. The van der Waals surface area contributed by atoms with Gasteiger partial charge in [-0.3, -0.25) is 0 Å². The van der Waals surface area contributed by atoms with Crippen molar-refractivity contribution in [3.8, 4) is 0 Å². The first-order valence-electron chi connectivity index (χ1n) is 3.20. The molecule has 0 amide bonds. The Morgan fingerprint density at radius 3 is 2.88 bits per heavy atom. The number of hydrogen-bond donors (Lipinski definition) is 1. The van der Waals surface area contributed by atoms with E-state index in [1.165, 1.54) is 18.5 Å². The molecule has 1 heteroatoms. The number of hydrogen-bond acceptors (Lipinski definition) is 1. The van der Waals surface area contributed by atoms with Crippen molar-refractivity contribution in [3.05, 3.63) is 12.3 Å². The summed E-state index contributed by atoms with van der Waals surface area (Å²) >= 11 is 0. The van der Waals surface area contributed by atoms with Crippen molar-refractivity contribution in [1.82, 2.24) is 5.32 Å². The highest BCUT2D eigenvalue weighted by Gasteiger charge is 2.08. The molecule has 1 saturated heterocycles. The molecule has 0 aromatic carbocycles. The molecule has 0 aliphatic carbocycles. The Balaban J connectivity index is 2.29. The van der Waals surface area contributed by atoms with Crippen LogP contribution in [0.5, 0.6) is 0 Å². The molecule has 46 valence electrons. The molecule has 0 spiro atoms. The largest absolute Gasteiger partial charge is 0.389 e. The molecular formula is C7H13N. The standard InChI is InChI=1S/C7H13N/c1-6-3-4-7(2)8-5-6/h6,8H,2-5H2,1H3/t6-/m0/s1. The highest BCUT2D eigenvalue weighted by molar-refractivity contribution is 4.94. The van der Waals surface area contributed by atoms with Crippen molar-refractivity contribution >= 4 is 0 Å². The highest BCUT2D eigenvalue weighted by Crippen LogP contribution is 2.13. The topological polar surface area (TPSA) is 12.0 Å². The first-order valence-corrected chi connectivity index (χ1v) is 3.20. The lowest BCUT2D eigenvalue weighted by atomic mass is 10.0. The van der Waals surface area contributed by atoms with Crippen molar-refractivity contribution in [2.75, 3.05) is 6.54 Å². The van der Waals surface area contributed by atoms with Crippen LogP contribution >= 0.6 is 0 Å². The van der Waals surface area contributed by atoms with Gasteiger partial charge in [-0.25, -0.2) is 0 Å². The summed E-state index contributed by atoms with van der Waals surface area (Å²) in [7, 11) is 0. The molecule has 0 aromatic rings. The molecule has 1 aliphatic heterocycles. The van der Waals surface area contributed by atoms with Gasteiger partial charge in [-0.1, -0.05) is 13.5 Å². The zero-order chi connectivity index (χ0) is 5.98. The van der Waals surface area contributed by atoms with Gasteiger partial charge in [0, 0.05) is 12.2 Å². The SMILES string of the molecule is C=C1CC[C@H](C)CN1. The Labute approximate surface area is 50.8 Å². The smallest absolute Gasteiger partial charge is 0.0169 e. The molecule has 1 aliphatic rings. The minimum atomic E-state index is 0.848. The van der Waals surface area contributed by atoms with Crippen molar-refractivity contribution in [3.63, 3.8) is 0 Å². The van der Waals surface area contributed by atoms with Crippen LogP contribution in [0.25, 0.3) is 0 Å². The normalized spacial score (nSPS) is 29.6. The van der Waals surface area contributed by atoms with Gasteiger partial charge < -0.3 is 5.32 Å². The zero-order valence-corrected chi connectivity index (χ0v) is 5.41. The number of rotatable bonds is 0. The van der Waals surface area contributed by atoms with Gasteiger partial charge in [0.05, 0.1) is 0 Å². The summed E-state index contributed by atoms with van der Waals surface area (Å²) in [6.45, 7) is 7.22. The minimum Gasteiger partial charge on any atom is -0.389 e. The number of allylic oxidation sites excluding steroid dienone is 1. The van der Waals surface area contributed by atoms with Crippen LogP contribution in [0.2, 0.25) is 0 Å². The maximum atomic E-state index is 3.84. The molecule has 1 atom stereocenters. The first kappa shape index (κ1) is 5.67. The van der Waals surface area contributed by atoms with E-state index in [1.54, 1.807) is 0 Å². The maximum absolute atomic E-state index is 3.84. The molecular weight excluding hydrogens is 98.1 g/mol. The second-order valence-corrected chi connectivity index (χ2v) is 2.63. The van der Waals surface area contributed by atoms with Gasteiger partial charge in [-0.2, -0.15) is 0 Å². The fourth-order valence-corrected chi connectivity index (χ4v) is 0.930. The van der Waals surface area contributed by atoms with Gasteiger partial charge in [-0.15, -0.1) is 0 Å². The van der Waals surface area contributed by atoms with Crippen LogP contribution in [0, 0.1) is 5.92 Å². The van der Waals surface area contributed by atoms with Gasteiger partial charge in [0.1, 0.15) is 0 Å².